The molecule has 96 valence electrons. The molecule has 1 N–H and O–H groups in total. The van der Waals surface area contributed by atoms with Gasteiger partial charge in [0.15, 0.2) is 0 Å². The molecule has 0 radical (unpaired) electrons. The molecular weight excluding hydrogens is 236 g/mol. The first kappa shape index (κ1) is 14.1. The van der Waals surface area contributed by atoms with Gasteiger partial charge >= 0.3 is 5.97 Å². The molecule has 5 heteroatoms. The second-order valence-corrected chi connectivity index (χ2v) is 5.76. The third-order valence-electron chi connectivity index (χ3n) is 2.00. The van der Waals surface area contributed by atoms with Gasteiger partial charge in [-0.1, -0.05) is 0 Å². The predicted molar refractivity (Wildman–Crippen MR) is 69.0 cm³/mol. The molecule has 0 saturated heterocycles. The van der Waals surface area contributed by atoms with Gasteiger partial charge in [0.2, 0.25) is 0 Å². The topological polar surface area (TPSA) is 51.2 Å². The van der Waals surface area contributed by atoms with Gasteiger partial charge in [0, 0.05) is 17.5 Å². The molecule has 0 amide bonds. The van der Waals surface area contributed by atoms with E-state index < -0.39 is 0 Å². The van der Waals surface area contributed by atoms with Gasteiger partial charge in [-0.2, -0.15) is 0 Å². The van der Waals surface area contributed by atoms with Crippen LogP contribution in [0.25, 0.3) is 0 Å². The summed E-state index contributed by atoms with van der Waals surface area (Å²) in [6, 6.07) is 0. The molecule has 1 aromatic rings. The van der Waals surface area contributed by atoms with Gasteiger partial charge in [0.1, 0.15) is 5.01 Å². The van der Waals surface area contributed by atoms with Crippen LogP contribution in [0.1, 0.15) is 38.4 Å². The maximum Gasteiger partial charge on any atom is 0.311 e. The third kappa shape index (κ3) is 5.79. The largest absolute Gasteiger partial charge is 0.466 e. The lowest BCUT2D eigenvalue weighted by atomic mass is 10.1. The van der Waals surface area contributed by atoms with Crippen LogP contribution in [0.15, 0.2) is 5.38 Å². The summed E-state index contributed by atoms with van der Waals surface area (Å²) in [6.45, 7) is 9.29. The molecule has 0 bridgehead atoms. The van der Waals surface area contributed by atoms with Crippen molar-refractivity contribution in [3.05, 3.63) is 16.1 Å². The van der Waals surface area contributed by atoms with Crippen molar-refractivity contribution in [3.63, 3.8) is 0 Å². The molecule has 0 spiro atoms. The van der Waals surface area contributed by atoms with Gasteiger partial charge in [-0.25, -0.2) is 4.98 Å². The maximum absolute atomic E-state index is 11.3. The van der Waals surface area contributed by atoms with E-state index >= 15 is 0 Å². The van der Waals surface area contributed by atoms with E-state index in [2.05, 4.69) is 31.1 Å². The van der Waals surface area contributed by atoms with Crippen LogP contribution in [0.3, 0.4) is 0 Å². The molecule has 0 unspecified atom stereocenters. The van der Waals surface area contributed by atoms with Crippen LogP contribution in [0.5, 0.6) is 0 Å². The number of thiazole rings is 1. The first-order valence-electron chi connectivity index (χ1n) is 5.74. The molecule has 1 aromatic heterocycles. The van der Waals surface area contributed by atoms with E-state index in [1.807, 2.05) is 5.38 Å². The molecule has 0 fully saturated rings. The normalized spacial score (nSPS) is 11.5. The van der Waals surface area contributed by atoms with Gasteiger partial charge in [0.05, 0.1) is 18.7 Å². The molecule has 0 aliphatic heterocycles. The predicted octanol–water partition coefficient (Wildman–Crippen LogP) is 2.14. The smallest absolute Gasteiger partial charge is 0.311 e. The van der Waals surface area contributed by atoms with Crippen molar-refractivity contribution in [1.29, 1.82) is 0 Å². The number of carbonyl (C=O) groups is 1. The number of ether oxygens (including phenoxy) is 1. The Hall–Kier alpha value is -0.940. The van der Waals surface area contributed by atoms with Crippen LogP contribution in [0, 0.1) is 0 Å². The molecule has 4 nitrogen and oxygen atoms in total. The maximum atomic E-state index is 11.3. The first-order chi connectivity index (χ1) is 7.90. The summed E-state index contributed by atoms with van der Waals surface area (Å²) in [5, 5.41) is 6.27. The number of rotatable bonds is 5. The second kappa shape index (κ2) is 6.12. The van der Waals surface area contributed by atoms with Crippen LogP contribution >= 0.6 is 11.3 Å². The number of carbonyl (C=O) groups excluding carboxylic acids is 1. The van der Waals surface area contributed by atoms with Crippen LogP contribution < -0.4 is 5.32 Å². The second-order valence-electron chi connectivity index (χ2n) is 4.82. The summed E-state index contributed by atoms with van der Waals surface area (Å²) in [4.78, 5) is 15.7. The van der Waals surface area contributed by atoms with Crippen molar-refractivity contribution in [2.45, 2.75) is 46.2 Å². The Labute approximate surface area is 106 Å². The van der Waals surface area contributed by atoms with Gasteiger partial charge in [-0.3, -0.25) is 4.79 Å². The van der Waals surface area contributed by atoms with Crippen molar-refractivity contribution < 1.29 is 9.53 Å². The van der Waals surface area contributed by atoms with Gasteiger partial charge in [-0.15, -0.1) is 11.3 Å². The van der Waals surface area contributed by atoms with Crippen LogP contribution in [-0.2, 0) is 22.5 Å². The standard InChI is InChI=1S/C12H20N2O2S/c1-5-16-11(15)6-9-8-17-10(14-9)7-13-12(2,3)4/h8,13H,5-7H2,1-4H3. The Morgan fingerprint density at radius 2 is 2.24 bits per heavy atom. The Bertz CT molecular complexity index is 369. The Kier molecular flexibility index (Phi) is 5.08. The van der Waals surface area contributed by atoms with Crippen LogP contribution in [0.2, 0.25) is 0 Å². The zero-order valence-corrected chi connectivity index (χ0v) is 11.7. The highest BCUT2D eigenvalue weighted by Gasteiger charge is 2.11. The fraction of sp³-hybridized carbons (Fsp3) is 0.667. The number of nitrogens with zero attached hydrogens (tertiary/aromatic N) is 1. The minimum absolute atomic E-state index is 0.0764. The van der Waals surface area contributed by atoms with Crippen LogP contribution in [0.4, 0.5) is 0 Å². The Morgan fingerprint density at radius 1 is 1.53 bits per heavy atom. The summed E-state index contributed by atoms with van der Waals surface area (Å²) in [5.41, 5.74) is 0.867. The van der Waals surface area contributed by atoms with E-state index in [0.29, 0.717) is 6.61 Å². The summed E-state index contributed by atoms with van der Waals surface area (Å²) in [6.07, 6.45) is 0.264. The summed E-state index contributed by atoms with van der Waals surface area (Å²) in [5.74, 6) is -0.215. The SMILES string of the molecule is CCOC(=O)Cc1csc(CNC(C)(C)C)n1. The summed E-state index contributed by atoms with van der Waals surface area (Å²) >= 11 is 1.57. The first-order valence-corrected chi connectivity index (χ1v) is 6.62. The summed E-state index contributed by atoms with van der Waals surface area (Å²) < 4.78 is 4.88. The quantitative estimate of drug-likeness (QED) is 0.820. The van der Waals surface area contributed by atoms with Crippen molar-refractivity contribution in [1.82, 2.24) is 10.3 Å². The van der Waals surface area contributed by atoms with Crippen molar-refractivity contribution >= 4 is 17.3 Å². The van der Waals surface area contributed by atoms with E-state index in [9.17, 15) is 4.79 Å². The van der Waals surface area contributed by atoms with E-state index in [0.717, 1.165) is 17.2 Å². The molecule has 1 heterocycles. The third-order valence-corrected chi connectivity index (χ3v) is 2.90. The van der Waals surface area contributed by atoms with E-state index in [1.165, 1.54) is 0 Å². The molecule has 0 aliphatic carbocycles. The highest BCUT2D eigenvalue weighted by Crippen LogP contribution is 2.12. The minimum atomic E-state index is -0.215. The minimum Gasteiger partial charge on any atom is -0.466 e. The fourth-order valence-corrected chi connectivity index (χ4v) is 1.95. The molecule has 17 heavy (non-hydrogen) atoms. The lowest BCUT2D eigenvalue weighted by molar-refractivity contribution is -0.142. The Morgan fingerprint density at radius 3 is 2.82 bits per heavy atom. The monoisotopic (exact) mass is 256 g/mol. The van der Waals surface area contributed by atoms with E-state index in [1.54, 1.807) is 18.3 Å². The fourth-order valence-electron chi connectivity index (χ4n) is 1.21. The molecule has 0 aliphatic rings. The molecule has 0 saturated carbocycles. The molecule has 1 rings (SSSR count). The number of aromatic nitrogens is 1. The van der Waals surface area contributed by atoms with Gasteiger partial charge in [0.25, 0.3) is 0 Å². The van der Waals surface area contributed by atoms with Crippen molar-refractivity contribution in [3.8, 4) is 0 Å². The Balaban J connectivity index is 2.45. The number of hydrogen-bond donors (Lipinski definition) is 1. The van der Waals surface area contributed by atoms with E-state index in [4.69, 9.17) is 4.74 Å². The summed E-state index contributed by atoms with van der Waals surface area (Å²) in [7, 11) is 0. The van der Waals surface area contributed by atoms with Gasteiger partial charge in [-0.05, 0) is 27.7 Å². The average molecular weight is 256 g/mol. The molecule has 0 atom stereocenters. The zero-order chi connectivity index (χ0) is 12.9. The lowest BCUT2D eigenvalue weighted by Crippen LogP contribution is -2.35. The van der Waals surface area contributed by atoms with Crippen molar-refractivity contribution in [2.24, 2.45) is 0 Å². The average Bonchev–Trinajstić information content (AvgIpc) is 2.62. The highest BCUT2D eigenvalue weighted by atomic mass is 32.1. The van der Waals surface area contributed by atoms with E-state index in [-0.39, 0.29) is 17.9 Å². The van der Waals surface area contributed by atoms with Crippen LogP contribution in [-0.4, -0.2) is 23.1 Å². The van der Waals surface area contributed by atoms with Gasteiger partial charge < -0.3 is 10.1 Å². The number of hydrogen-bond acceptors (Lipinski definition) is 5. The molecular formula is C12H20N2O2S. The zero-order valence-electron chi connectivity index (χ0n) is 10.9. The number of nitrogens with one attached hydrogen (secondary N) is 1. The lowest BCUT2D eigenvalue weighted by Gasteiger charge is -2.19. The van der Waals surface area contributed by atoms with Crippen molar-refractivity contribution in [2.75, 3.05) is 6.61 Å². The number of esters is 1. The molecule has 0 aromatic carbocycles. The highest BCUT2D eigenvalue weighted by molar-refractivity contribution is 7.09.